The van der Waals surface area contributed by atoms with Crippen molar-refractivity contribution in [1.82, 2.24) is 24.9 Å². The van der Waals surface area contributed by atoms with E-state index in [1.165, 1.54) is 10.8 Å². The minimum Gasteiger partial charge on any atom is -0.731 e. The van der Waals surface area contributed by atoms with Gasteiger partial charge in [0.05, 0.1) is 12.2 Å². The van der Waals surface area contributed by atoms with Gasteiger partial charge >= 0.3 is 29.6 Å². The summed E-state index contributed by atoms with van der Waals surface area (Å²) in [6, 6.07) is -2.99. The molecule has 4 N–H and O–H groups in total. The van der Waals surface area contributed by atoms with Gasteiger partial charge in [0.15, 0.2) is 32.3 Å². The quantitative estimate of drug-likeness (QED) is 0.0420. The van der Waals surface area contributed by atoms with Gasteiger partial charge in [0.25, 0.3) is 11.8 Å². The van der Waals surface area contributed by atoms with Crippen molar-refractivity contribution in [2.75, 3.05) is 36.0 Å². The summed E-state index contributed by atoms with van der Waals surface area (Å²) in [4.78, 5) is 74.4. The van der Waals surface area contributed by atoms with Crippen LogP contribution >= 0.6 is 45.9 Å². The van der Waals surface area contributed by atoms with Gasteiger partial charge in [0, 0.05) is 10.8 Å². The van der Waals surface area contributed by atoms with E-state index < -0.39 is 64.2 Å². The Morgan fingerprint density at radius 1 is 1.15 bits per heavy atom. The average Bonchev–Trinajstić information content (AvgIpc) is 3.56. The van der Waals surface area contributed by atoms with Crippen LogP contribution in [0.4, 0.5) is 10.3 Å². The molecular formula is C18H17Cl2N8NaO9S3. The van der Waals surface area contributed by atoms with Crippen LogP contribution in [0.1, 0.15) is 17.4 Å². The van der Waals surface area contributed by atoms with Crippen LogP contribution in [-0.2, 0) is 39.1 Å². The number of rotatable bonds is 12. The molecule has 3 rings (SSSR count). The smallest absolute Gasteiger partial charge is 0.731 e. The zero-order valence-corrected chi connectivity index (χ0v) is 26.8. The van der Waals surface area contributed by atoms with Gasteiger partial charge in [0.1, 0.15) is 30.6 Å². The third kappa shape index (κ3) is 9.03. The molecule has 0 bridgehead atoms. The van der Waals surface area contributed by atoms with E-state index in [1.54, 1.807) is 0 Å². The van der Waals surface area contributed by atoms with Gasteiger partial charge < -0.3 is 30.7 Å². The van der Waals surface area contributed by atoms with Gasteiger partial charge in [-0.15, -0.1) is 45.9 Å². The largest absolute Gasteiger partial charge is 1.00 e. The Hall–Kier alpha value is -2.43. The van der Waals surface area contributed by atoms with Crippen molar-refractivity contribution in [2.45, 2.75) is 12.1 Å². The Morgan fingerprint density at radius 3 is 2.27 bits per heavy atom. The number of halogens is 2. The van der Waals surface area contributed by atoms with Gasteiger partial charge in [-0.2, -0.15) is 0 Å². The van der Waals surface area contributed by atoms with Gasteiger partial charge in [-0.05, 0) is 0 Å². The molecule has 0 aliphatic carbocycles. The monoisotopic (exact) mass is 678 g/mol. The summed E-state index contributed by atoms with van der Waals surface area (Å²) in [5.74, 6) is -5.06. The van der Waals surface area contributed by atoms with Gasteiger partial charge in [-0.1, -0.05) is 5.16 Å². The fourth-order valence-corrected chi connectivity index (χ4v) is 5.23. The Morgan fingerprint density at radius 2 is 1.73 bits per heavy atom. The second-order valence-electron chi connectivity index (χ2n) is 7.40. The molecule has 0 saturated carbocycles. The molecule has 2 unspecified atom stereocenters. The maximum absolute atomic E-state index is 13.2. The van der Waals surface area contributed by atoms with Gasteiger partial charge in [0.2, 0.25) is 17.7 Å². The molecule has 216 valence electrons. The Labute approximate surface area is 271 Å². The number of β-lactam (4-membered cyclic amide) rings is 1. The first kappa shape index (κ1) is 34.8. The van der Waals surface area contributed by atoms with E-state index in [0.717, 1.165) is 29.8 Å². The van der Waals surface area contributed by atoms with Crippen molar-refractivity contribution in [1.29, 1.82) is 0 Å². The molecular weight excluding hydrogens is 662 g/mol. The molecule has 0 aromatic carbocycles. The van der Waals surface area contributed by atoms with Gasteiger partial charge in [-0.25, -0.2) is 22.7 Å². The van der Waals surface area contributed by atoms with E-state index in [-0.39, 0.29) is 67.3 Å². The van der Waals surface area contributed by atoms with Crippen LogP contribution in [0.2, 0.25) is 0 Å². The maximum Gasteiger partial charge on any atom is 1.00 e. The van der Waals surface area contributed by atoms with Crippen LogP contribution in [0.5, 0.6) is 0 Å². The van der Waals surface area contributed by atoms with Crippen molar-refractivity contribution < 1.29 is 71.3 Å². The van der Waals surface area contributed by atoms with Crippen LogP contribution < -0.4 is 50.8 Å². The molecule has 0 spiro atoms. The zero-order valence-electron chi connectivity index (χ0n) is 20.9. The second-order valence-corrected chi connectivity index (χ2v) is 10.9. The molecule has 17 nitrogen and oxygen atoms in total. The van der Waals surface area contributed by atoms with Crippen LogP contribution in [0, 0.1) is 0 Å². The first-order chi connectivity index (χ1) is 18.9. The number of thiazole rings is 2. The summed E-state index contributed by atoms with van der Waals surface area (Å²) in [5, 5.41) is 15.8. The molecule has 3 heterocycles. The average molecular weight is 679 g/mol. The van der Waals surface area contributed by atoms with Crippen LogP contribution in [0.3, 0.4) is 0 Å². The Balaban J connectivity index is 0.00000588. The molecule has 41 heavy (non-hydrogen) atoms. The van der Waals surface area contributed by atoms with E-state index >= 15 is 0 Å². The van der Waals surface area contributed by atoms with Crippen molar-refractivity contribution in [3.63, 3.8) is 0 Å². The number of nitrogens with zero attached hydrogens (tertiary/aromatic N) is 4. The first-order valence-electron chi connectivity index (χ1n) is 10.5. The summed E-state index contributed by atoms with van der Waals surface area (Å²) in [7, 11) is -3.92. The third-order valence-electron chi connectivity index (χ3n) is 4.71. The van der Waals surface area contributed by atoms with E-state index in [9.17, 15) is 36.9 Å². The number of aromatic nitrogens is 2. The first-order valence-corrected chi connectivity index (χ1v) is 14.7. The Bertz CT molecular complexity index is 1470. The van der Waals surface area contributed by atoms with E-state index in [0.29, 0.717) is 0 Å². The summed E-state index contributed by atoms with van der Waals surface area (Å²) < 4.78 is 33.3. The van der Waals surface area contributed by atoms with Crippen molar-refractivity contribution in [3.8, 4) is 0 Å². The van der Waals surface area contributed by atoms with Crippen LogP contribution in [0.15, 0.2) is 15.9 Å². The molecule has 1 aliphatic heterocycles. The SMILES string of the molecule is CO/N=C(\C(=O)NC(C(=O)NC1CN(S(=O)(=O)[O-])C1=O)c1csc(NC(=O)CCl)n1)c1csc(NC(=O)CCl)n1.[Na+]. The number of amides is 5. The van der Waals surface area contributed by atoms with E-state index in [2.05, 4.69) is 36.4 Å². The molecule has 1 aliphatic rings. The minimum absolute atomic E-state index is 0. The molecule has 0 radical (unpaired) electrons. The topological polar surface area (TPSA) is 241 Å². The number of alkyl halides is 2. The number of carbonyl (C=O) groups excluding carboxylic acids is 5. The second kappa shape index (κ2) is 15.2. The van der Waals surface area contributed by atoms with Crippen LogP contribution in [0.25, 0.3) is 0 Å². The molecule has 1 saturated heterocycles. The number of oxime groups is 1. The maximum atomic E-state index is 13.2. The summed E-state index contributed by atoms with van der Waals surface area (Å²) in [6.45, 7) is -0.614. The van der Waals surface area contributed by atoms with E-state index in [1.807, 2.05) is 0 Å². The summed E-state index contributed by atoms with van der Waals surface area (Å²) in [5.41, 5.74) is -0.560. The van der Waals surface area contributed by atoms with Crippen molar-refractivity contribution in [2.24, 2.45) is 5.16 Å². The molecule has 1 fully saturated rings. The number of anilines is 2. The molecule has 5 amide bonds. The Kier molecular flexibility index (Phi) is 12.9. The minimum atomic E-state index is -5.06. The van der Waals surface area contributed by atoms with Crippen molar-refractivity contribution in [3.05, 3.63) is 22.1 Å². The number of carbonyl (C=O) groups is 5. The van der Waals surface area contributed by atoms with Gasteiger partial charge in [-0.3, -0.25) is 24.0 Å². The van der Waals surface area contributed by atoms with Crippen molar-refractivity contribution >= 4 is 102 Å². The predicted molar refractivity (Wildman–Crippen MR) is 141 cm³/mol. The molecule has 2 aromatic rings. The predicted octanol–water partition coefficient (Wildman–Crippen LogP) is -4.05. The fraction of sp³-hybridized carbons (Fsp3) is 0.333. The molecule has 2 aromatic heterocycles. The summed E-state index contributed by atoms with van der Waals surface area (Å²) >= 11 is 12.8. The normalized spacial score (nSPS) is 15.6. The fourth-order valence-electron chi connectivity index (χ4n) is 2.95. The standard InChI is InChI=1S/C18H18Cl2N8O9S3.Na/c1-37-27-13(9-6-39-18(23-9)25-11(30)3-20)15(32)26-12(8-5-38-17(22-8)24-10(29)2-19)14(31)21-7-4-28(16(7)33)40(34,35)36;/h5-7,12H,2-4H2,1H3,(H,21,31)(H,26,32)(H,22,24,29)(H,23,25,30)(H,34,35,36);/q;+1/p-1/b27-13-;. The molecule has 23 heteroatoms. The summed E-state index contributed by atoms with van der Waals surface area (Å²) in [6.07, 6.45) is 0. The third-order valence-corrected chi connectivity index (χ3v) is 7.60. The van der Waals surface area contributed by atoms with Crippen LogP contribution in [-0.4, -0.2) is 93.9 Å². The number of hydrogen-bond donors (Lipinski definition) is 4. The number of hydrogen-bond acceptors (Lipinski definition) is 14. The molecule has 2 atom stereocenters. The number of nitrogens with one attached hydrogen (secondary N) is 4. The zero-order chi connectivity index (χ0) is 29.6. The van der Waals surface area contributed by atoms with E-state index in [4.69, 9.17) is 28.0 Å².